The van der Waals surface area contributed by atoms with Crippen LogP contribution in [0.3, 0.4) is 0 Å². The lowest BCUT2D eigenvalue weighted by molar-refractivity contribution is 0.00205. The minimum atomic E-state index is -0.452. The van der Waals surface area contributed by atoms with Crippen LogP contribution in [0.2, 0.25) is 0 Å². The van der Waals surface area contributed by atoms with Crippen LogP contribution in [0.25, 0.3) is 0 Å². The largest absolute Gasteiger partial charge is 0.389 e. The van der Waals surface area contributed by atoms with Crippen molar-refractivity contribution in [1.29, 1.82) is 0 Å². The van der Waals surface area contributed by atoms with Gasteiger partial charge in [-0.25, -0.2) is 0 Å². The third kappa shape index (κ3) is 11.0. The summed E-state index contributed by atoms with van der Waals surface area (Å²) in [4.78, 5) is 0. The van der Waals surface area contributed by atoms with Crippen LogP contribution in [-0.4, -0.2) is 49.7 Å². The van der Waals surface area contributed by atoms with Gasteiger partial charge in [-0.15, -0.1) is 0 Å². The molecule has 0 bridgehead atoms. The van der Waals surface area contributed by atoms with E-state index in [9.17, 15) is 5.11 Å². The molecule has 0 fully saturated rings. The highest BCUT2D eigenvalue weighted by atomic mass is 16.5. The van der Waals surface area contributed by atoms with Gasteiger partial charge in [-0.1, -0.05) is 20.3 Å². The maximum atomic E-state index is 9.72. The summed E-state index contributed by atoms with van der Waals surface area (Å²) in [5, 5.41) is 13.0. The van der Waals surface area contributed by atoms with Crippen molar-refractivity contribution in [1.82, 2.24) is 5.32 Å². The molecule has 0 aromatic rings. The van der Waals surface area contributed by atoms with E-state index in [1.165, 1.54) is 0 Å². The Hall–Kier alpha value is -0.160. The molecule has 4 heteroatoms. The first kappa shape index (κ1) is 17.8. The van der Waals surface area contributed by atoms with E-state index in [-0.39, 0.29) is 5.54 Å². The Balaban J connectivity index is 3.34. The molecule has 0 saturated heterocycles. The van der Waals surface area contributed by atoms with Crippen molar-refractivity contribution in [3.8, 4) is 0 Å². The molecule has 1 unspecified atom stereocenters. The molecular weight excluding hydrogens is 230 g/mol. The first-order chi connectivity index (χ1) is 8.52. The fourth-order valence-electron chi connectivity index (χ4n) is 1.26. The Kier molecular flexibility index (Phi) is 10.6. The zero-order valence-electron chi connectivity index (χ0n) is 12.5. The van der Waals surface area contributed by atoms with Crippen molar-refractivity contribution in [2.45, 2.75) is 58.6 Å². The number of unbranched alkanes of at least 4 members (excludes halogenated alkanes) is 1. The van der Waals surface area contributed by atoms with Gasteiger partial charge in [0, 0.05) is 18.7 Å². The van der Waals surface area contributed by atoms with Gasteiger partial charge >= 0.3 is 0 Å². The van der Waals surface area contributed by atoms with Crippen LogP contribution in [0.1, 0.15) is 47.0 Å². The number of β-amino-alcohol motifs (C(OH)–C–C–N with tert-alkyl or cyclic N) is 1. The van der Waals surface area contributed by atoms with Crippen molar-refractivity contribution >= 4 is 0 Å². The molecular formula is C14H31NO3. The molecule has 0 radical (unpaired) electrons. The maximum Gasteiger partial charge on any atom is 0.0897 e. The maximum absolute atomic E-state index is 9.72. The lowest BCUT2D eigenvalue weighted by atomic mass is 10.0. The summed E-state index contributed by atoms with van der Waals surface area (Å²) in [6, 6.07) is 0. The van der Waals surface area contributed by atoms with Gasteiger partial charge in [0.1, 0.15) is 0 Å². The number of aliphatic hydroxyl groups is 1. The second-order valence-corrected chi connectivity index (χ2v) is 5.31. The molecule has 18 heavy (non-hydrogen) atoms. The average molecular weight is 261 g/mol. The molecule has 4 nitrogen and oxygen atoms in total. The Labute approximate surface area is 112 Å². The van der Waals surface area contributed by atoms with E-state index >= 15 is 0 Å². The Morgan fingerprint density at radius 2 is 1.78 bits per heavy atom. The van der Waals surface area contributed by atoms with Gasteiger partial charge in [0.25, 0.3) is 0 Å². The number of nitrogens with one attached hydrogen (secondary N) is 1. The standard InChI is InChI=1S/C14H31NO3/c1-5-7-8-17-9-10-18-12-13(16)11-15-14(3,4)6-2/h13,15-16H,5-12H2,1-4H3. The number of hydrogen-bond donors (Lipinski definition) is 2. The van der Waals surface area contributed by atoms with E-state index < -0.39 is 6.10 Å². The quantitative estimate of drug-likeness (QED) is 0.527. The van der Waals surface area contributed by atoms with Crippen molar-refractivity contribution < 1.29 is 14.6 Å². The normalized spacial score (nSPS) is 13.8. The summed E-state index contributed by atoms with van der Waals surface area (Å²) in [5.41, 5.74) is 0.0737. The van der Waals surface area contributed by atoms with Crippen molar-refractivity contribution in [2.24, 2.45) is 0 Å². The summed E-state index contributed by atoms with van der Waals surface area (Å²) in [6.07, 6.45) is 2.83. The predicted molar refractivity (Wildman–Crippen MR) is 74.9 cm³/mol. The molecule has 0 amide bonds. The molecule has 0 aliphatic rings. The van der Waals surface area contributed by atoms with E-state index in [0.717, 1.165) is 25.9 Å². The smallest absolute Gasteiger partial charge is 0.0897 e. The summed E-state index contributed by atoms with van der Waals surface area (Å²) >= 11 is 0. The van der Waals surface area contributed by atoms with Crippen LogP contribution in [0.15, 0.2) is 0 Å². The molecule has 0 aliphatic heterocycles. The van der Waals surface area contributed by atoms with Gasteiger partial charge in [0.15, 0.2) is 0 Å². The second kappa shape index (κ2) is 10.7. The third-order valence-electron chi connectivity index (χ3n) is 3.02. The summed E-state index contributed by atoms with van der Waals surface area (Å²) in [5.74, 6) is 0. The van der Waals surface area contributed by atoms with Gasteiger partial charge < -0.3 is 19.9 Å². The van der Waals surface area contributed by atoms with E-state index in [1.54, 1.807) is 0 Å². The molecule has 110 valence electrons. The molecule has 0 aromatic heterocycles. The van der Waals surface area contributed by atoms with Crippen molar-refractivity contribution in [3.05, 3.63) is 0 Å². The summed E-state index contributed by atoms with van der Waals surface area (Å²) in [7, 11) is 0. The van der Waals surface area contributed by atoms with Gasteiger partial charge in [-0.05, 0) is 26.7 Å². The van der Waals surface area contributed by atoms with E-state index in [0.29, 0.717) is 26.4 Å². The van der Waals surface area contributed by atoms with Crippen LogP contribution < -0.4 is 5.32 Å². The molecule has 0 spiro atoms. The number of aliphatic hydroxyl groups excluding tert-OH is 1. The molecule has 1 atom stereocenters. The highest BCUT2D eigenvalue weighted by Gasteiger charge is 2.15. The number of ether oxygens (including phenoxy) is 2. The van der Waals surface area contributed by atoms with Crippen LogP contribution >= 0.6 is 0 Å². The highest BCUT2D eigenvalue weighted by Crippen LogP contribution is 2.06. The van der Waals surface area contributed by atoms with Crippen LogP contribution in [0.4, 0.5) is 0 Å². The van der Waals surface area contributed by atoms with Crippen molar-refractivity contribution in [3.63, 3.8) is 0 Å². The van der Waals surface area contributed by atoms with E-state index in [1.807, 2.05) is 0 Å². The lowest BCUT2D eigenvalue weighted by Crippen LogP contribution is -2.44. The highest BCUT2D eigenvalue weighted by molar-refractivity contribution is 4.76. The number of hydrogen-bond acceptors (Lipinski definition) is 4. The predicted octanol–water partition coefficient (Wildman–Crippen LogP) is 1.96. The van der Waals surface area contributed by atoms with Gasteiger partial charge in [0.2, 0.25) is 0 Å². The van der Waals surface area contributed by atoms with Crippen LogP contribution in [0.5, 0.6) is 0 Å². The topological polar surface area (TPSA) is 50.7 Å². The Morgan fingerprint density at radius 1 is 1.11 bits per heavy atom. The molecule has 0 saturated carbocycles. The van der Waals surface area contributed by atoms with Gasteiger partial charge in [-0.3, -0.25) is 0 Å². The summed E-state index contributed by atoms with van der Waals surface area (Å²) < 4.78 is 10.7. The van der Waals surface area contributed by atoms with Crippen LogP contribution in [0, 0.1) is 0 Å². The molecule has 0 aliphatic carbocycles. The monoisotopic (exact) mass is 261 g/mol. The molecule has 2 N–H and O–H groups in total. The fourth-order valence-corrected chi connectivity index (χ4v) is 1.26. The van der Waals surface area contributed by atoms with Crippen LogP contribution in [-0.2, 0) is 9.47 Å². The minimum Gasteiger partial charge on any atom is -0.389 e. The first-order valence-corrected chi connectivity index (χ1v) is 7.10. The SMILES string of the molecule is CCCCOCCOCC(O)CNC(C)(C)CC. The fraction of sp³-hybridized carbons (Fsp3) is 1.00. The van der Waals surface area contributed by atoms with E-state index in [2.05, 4.69) is 33.0 Å². The van der Waals surface area contributed by atoms with Crippen molar-refractivity contribution in [2.75, 3.05) is 33.0 Å². The number of rotatable bonds is 12. The van der Waals surface area contributed by atoms with Gasteiger partial charge in [-0.2, -0.15) is 0 Å². The zero-order valence-corrected chi connectivity index (χ0v) is 12.5. The third-order valence-corrected chi connectivity index (χ3v) is 3.02. The second-order valence-electron chi connectivity index (χ2n) is 5.31. The Bertz CT molecular complexity index is 186. The minimum absolute atomic E-state index is 0.0737. The van der Waals surface area contributed by atoms with Gasteiger partial charge in [0.05, 0.1) is 25.9 Å². The first-order valence-electron chi connectivity index (χ1n) is 7.10. The molecule has 0 rings (SSSR count). The van der Waals surface area contributed by atoms with E-state index in [4.69, 9.17) is 9.47 Å². The molecule has 0 aromatic carbocycles. The Morgan fingerprint density at radius 3 is 2.39 bits per heavy atom. The molecule has 0 heterocycles. The lowest BCUT2D eigenvalue weighted by Gasteiger charge is -2.26. The summed E-state index contributed by atoms with van der Waals surface area (Å²) in [6.45, 7) is 11.4. The zero-order chi connectivity index (χ0) is 13.9. The average Bonchev–Trinajstić information content (AvgIpc) is 2.35.